The summed E-state index contributed by atoms with van der Waals surface area (Å²) in [5.74, 6) is 0. The Morgan fingerprint density at radius 2 is 2.25 bits per heavy atom. The van der Waals surface area contributed by atoms with E-state index >= 15 is 0 Å². The average molecular weight is 74.0 g/mol. The van der Waals surface area contributed by atoms with Crippen LogP contribution in [-0.2, 0) is 7.59 Å². The summed E-state index contributed by atoms with van der Waals surface area (Å²) in [6, 6.07) is 0. The van der Waals surface area contributed by atoms with Gasteiger partial charge >= 0.3 is 30.2 Å². The van der Waals surface area contributed by atoms with Gasteiger partial charge in [0.1, 0.15) is 0 Å². The van der Waals surface area contributed by atoms with Gasteiger partial charge in [0.2, 0.25) is 0 Å². The van der Waals surface area contributed by atoms with Crippen LogP contribution in [0.25, 0.3) is 0 Å². The second-order valence-corrected chi connectivity index (χ2v) is 0.996. The van der Waals surface area contributed by atoms with E-state index in [-0.39, 0.29) is 0 Å². The Bertz CT molecular complexity index is 20.0. The molecule has 0 aromatic heterocycles. The molecule has 0 rings (SSSR count). The Labute approximate surface area is 31.0 Å². The van der Waals surface area contributed by atoms with Gasteiger partial charge in [0.05, 0.1) is 0 Å². The predicted octanol–water partition coefficient (Wildman–Crippen LogP) is -0.403. The molecular weight excluding hydrogens is 71.0 g/mol. The van der Waals surface area contributed by atoms with Gasteiger partial charge in [-0.3, -0.25) is 0 Å². The van der Waals surface area contributed by atoms with Gasteiger partial charge in [-0.1, -0.05) is 0 Å². The molecule has 0 saturated carbocycles. The van der Waals surface area contributed by atoms with Crippen molar-refractivity contribution < 1.29 is 7.59 Å². The molecule has 22 valence electrons. The molecule has 4 heavy (non-hydrogen) atoms. The molecule has 0 amide bonds. The summed E-state index contributed by atoms with van der Waals surface area (Å²) in [6.45, 7) is 0. The summed E-state index contributed by atoms with van der Waals surface area (Å²) >= 11 is -0.968. The molecule has 0 aliphatic rings. The predicted molar refractivity (Wildman–Crippen MR) is 13.4 cm³/mol. The van der Waals surface area contributed by atoms with Crippen molar-refractivity contribution in [3.05, 3.63) is 0 Å². The standard InChI is InChI=1S/CH3O.Al.O/c1-2;;/h1H3;;/q-1;+1;. The van der Waals surface area contributed by atoms with Crippen LogP contribution in [0.2, 0.25) is 0 Å². The van der Waals surface area contributed by atoms with Gasteiger partial charge in [-0.25, -0.2) is 0 Å². The van der Waals surface area contributed by atoms with E-state index in [4.69, 9.17) is 3.80 Å². The van der Waals surface area contributed by atoms with Crippen LogP contribution in [0.5, 0.6) is 0 Å². The molecule has 0 unspecified atom stereocenters. The molecule has 0 aliphatic heterocycles. The summed E-state index contributed by atoms with van der Waals surface area (Å²) in [7, 11) is 1.41. The van der Waals surface area contributed by atoms with E-state index in [2.05, 4.69) is 3.79 Å². The van der Waals surface area contributed by atoms with E-state index in [0.29, 0.717) is 0 Å². The topological polar surface area (TPSA) is 26.3 Å². The Kier molecular flexibility index (Phi) is 3.24. The summed E-state index contributed by atoms with van der Waals surface area (Å²) in [5, 5.41) is 0. The van der Waals surface area contributed by atoms with Crippen molar-refractivity contribution in [1.29, 1.82) is 0 Å². The fraction of sp³-hybridized carbons (Fsp3) is 1.00. The van der Waals surface area contributed by atoms with Crippen LogP contribution in [0.4, 0.5) is 0 Å². The van der Waals surface area contributed by atoms with Crippen molar-refractivity contribution in [2.45, 2.75) is 0 Å². The van der Waals surface area contributed by atoms with Crippen LogP contribution < -0.4 is 0 Å². The number of rotatable bonds is 1. The van der Waals surface area contributed by atoms with Crippen molar-refractivity contribution in [3.8, 4) is 0 Å². The first-order valence-electron chi connectivity index (χ1n) is 0.880. The molecule has 0 spiro atoms. The van der Waals surface area contributed by atoms with E-state index in [1.165, 1.54) is 7.11 Å². The second-order valence-electron chi connectivity index (χ2n) is 0.332. The van der Waals surface area contributed by atoms with Crippen LogP contribution in [0.1, 0.15) is 0 Å². The molecule has 0 atom stereocenters. The van der Waals surface area contributed by atoms with Crippen LogP contribution in [0.3, 0.4) is 0 Å². The normalized spacial score (nSPS) is 4.25. The van der Waals surface area contributed by atoms with Crippen LogP contribution in [-0.4, -0.2) is 22.6 Å². The SMILES string of the molecule is C[O][Al]=[O]. The van der Waals surface area contributed by atoms with Gasteiger partial charge in [-0.05, 0) is 0 Å². The molecule has 0 N–H and O–H groups in total. The van der Waals surface area contributed by atoms with Crippen molar-refractivity contribution in [2.75, 3.05) is 7.11 Å². The van der Waals surface area contributed by atoms with E-state index in [1.54, 1.807) is 0 Å². The molecule has 0 aliphatic carbocycles. The van der Waals surface area contributed by atoms with Crippen molar-refractivity contribution in [1.82, 2.24) is 0 Å². The van der Waals surface area contributed by atoms with Gasteiger partial charge in [-0.15, -0.1) is 0 Å². The third kappa shape index (κ3) is 2.13. The Morgan fingerprint density at radius 3 is 2.25 bits per heavy atom. The quantitative estimate of drug-likeness (QED) is 0.395. The fourth-order valence-corrected chi connectivity index (χ4v) is 0. The summed E-state index contributed by atoms with van der Waals surface area (Å²) in [4.78, 5) is 0. The van der Waals surface area contributed by atoms with Crippen molar-refractivity contribution >= 4 is 15.5 Å². The van der Waals surface area contributed by atoms with E-state index in [1.807, 2.05) is 0 Å². The van der Waals surface area contributed by atoms with Crippen LogP contribution >= 0.6 is 0 Å². The fourth-order valence-electron chi connectivity index (χ4n) is 0. The zero-order chi connectivity index (χ0) is 3.41. The number of hydrogen-bond acceptors (Lipinski definition) is 2. The average Bonchev–Trinajstić information content (AvgIpc) is 1.37. The Morgan fingerprint density at radius 1 is 2.00 bits per heavy atom. The van der Waals surface area contributed by atoms with Crippen LogP contribution in [0, 0.1) is 0 Å². The van der Waals surface area contributed by atoms with Gasteiger partial charge < -0.3 is 0 Å². The molecule has 0 radical (unpaired) electrons. The molecule has 0 heterocycles. The van der Waals surface area contributed by atoms with Gasteiger partial charge in [-0.2, -0.15) is 0 Å². The minimum atomic E-state index is -0.968. The third-order valence-corrected chi connectivity index (χ3v) is 0.289. The minimum absolute atomic E-state index is 0.968. The molecule has 0 saturated heterocycles. The Hall–Kier alpha value is 0.132. The summed E-state index contributed by atoms with van der Waals surface area (Å²) in [6.07, 6.45) is 0. The summed E-state index contributed by atoms with van der Waals surface area (Å²) in [5.41, 5.74) is 0. The molecular formula is CH3AlO2. The summed E-state index contributed by atoms with van der Waals surface area (Å²) < 4.78 is 13.2. The zero-order valence-electron chi connectivity index (χ0n) is 2.39. The molecule has 0 aromatic rings. The first kappa shape index (κ1) is 4.13. The van der Waals surface area contributed by atoms with Crippen LogP contribution in [0.15, 0.2) is 0 Å². The third-order valence-electron chi connectivity index (χ3n) is 0.0962. The monoisotopic (exact) mass is 74.0 g/mol. The molecule has 3 heteroatoms. The molecule has 2 nitrogen and oxygen atoms in total. The number of hydrogen-bond donors (Lipinski definition) is 0. The van der Waals surface area contributed by atoms with Gasteiger partial charge in [0.15, 0.2) is 0 Å². The molecule has 0 fully saturated rings. The maximum atomic E-state index is 9.16. The second kappa shape index (κ2) is 3.13. The van der Waals surface area contributed by atoms with Crippen molar-refractivity contribution in [2.24, 2.45) is 0 Å². The first-order valence-corrected chi connectivity index (χ1v) is 1.82. The zero-order valence-corrected chi connectivity index (χ0v) is 3.55. The van der Waals surface area contributed by atoms with E-state index in [0.717, 1.165) is 0 Å². The first-order chi connectivity index (χ1) is 1.91. The molecule has 0 aromatic carbocycles. The van der Waals surface area contributed by atoms with Gasteiger partial charge in [0.25, 0.3) is 0 Å². The van der Waals surface area contributed by atoms with Crippen molar-refractivity contribution in [3.63, 3.8) is 0 Å². The molecule has 0 bridgehead atoms. The van der Waals surface area contributed by atoms with E-state index < -0.39 is 15.5 Å². The van der Waals surface area contributed by atoms with Gasteiger partial charge in [0, 0.05) is 0 Å². The Balaban J connectivity index is 2.30. The maximum absolute atomic E-state index is 9.16. The van der Waals surface area contributed by atoms with E-state index in [9.17, 15) is 0 Å².